The molecule has 7 nitrogen and oxygen atoms in total. The number of rotatable bonds is 4. The fourth-order valence-corrected chi connectivity index (χ4v) is 5.09. The van der Waals surface area contributed by atoms with Crippen molar-refractivity contribution in [1.82, 2.24) is 14.9 Å². The summed E-state index contributed by atoms with van der Waals surface area (Å²) < 4.78 is 19.3. The quantitative estimate of drug-likeness (QED) is 0.439. The summed E-state index contributed by atoms with van der Waals surface area (Å²) in [5, 5.41) is 5.20. The van der Waals surface area contributed by atoms with Crippen LogP contribution in [-0.4, -0.2) is 53.7 Å². The van der Waals surface area contributed by atoms with Crippen LogP contribution < -0.4 is 10.2 Å². The van der Waals surface area contributed by atoms with Crippen LogP contribution in [0, 0.1) is 5.82 Å². The summed E-state index contributed by atoms with van der Waals surface area (Å²) in [6.45, 7) is 3.70. The molecular weight excluding hydrogens is 469 g/mol. The van der Waals surface area contributed by atoms with Crippen molar-refractivity contribution in [2.24, 2.45) is 0 Å². The van der Waals surface area contributed by atoms with E-state index in [2.05, 4.69) is 10.2 Å². The topological polar surface area (TPSA) is 70.6 Å². The van der Waals surface area contributed by atoms with Crippen LogP contribution in [0.15, 0.2) is 66.7 Å². The Kier molecular flexibility index (Phi) is 6.40. The number of ether oxygens (including phenoxy) is 1. The van der Waals surface area contributed by atoms with Gasteiger partial charge in [-0.15, -0.1) is 0 Å². The average molecular weight is 498 g/mol. The molecule has 0 bridgehead atoms. The fourth-order valence-electron chi connectivity index (χ4n) is 5.09. The maximum absolute atomic E-state index is 13.8. The summed E-state index contributed by atoms with van der Waals surface area (Å²) in [4.78, 5) is 27.2. The lowest BCUT2D eigenvalue weighted by Crippen LogP contribution is -2.42. The summed E-state index contributed by atoms with van der Waals surface area (Å²) in [6, 6.07) is 20.4. The van der Waals surface area contributed by atoms with Gasteiger partial charge in [-0.1, -0.05) is 48.5 Å². The van der Waals surface area contributed by atoms with Crippen molar-refractivity contribution in [2.75, 3.05) is 43.1 Å². The highest BCUT2D eigenvalue weighted by molar-refractivity contribution is 6.01. The van der Waals surface area contributed by atoms with E-state index >= 15 is 0 Å². The van der Waals surface area contributed by atoms with E-state index in [0.717, 1.165) is 52.2 Å². The zero-order valence-corrected chi connectivity index (χ0v) is 20.5. The van der Waals surface area contributed by atoms with Gasteiger partial charge in [-0.25, -0.2) is 19.2 Å². The molecule has 2 aliphatic rings. The van der Waals surface area contributed by atoms with E-state index in [4.69, 9.17) is 14.7 Å². The van der Waals surface area contributed by atoms with Crippen molar-refractivity contribution < 1.29 is 13.9 Å². The normalized spacial score (nSPS) is 15.5. The molecule has 2 amide bonds. The maximum atomic E-state index is 13.8. The Morgan fingerprint density at radius 1 is 0.973 bits per heavy atom. The lowest BCUT2D eigenvalue weighted by molar-refractivity contribution is 0.122. The number of halogens is 1. The average Bonchev–Trinajstić information content (AvgIpc) is 2.93. The second-order valence-electron chi connectivity index (χ2n) is 9.42. The van der Waals surface area contributed by atoms with Gasteiger partial charge in [0.15, 0.2) is 0 Å². The number of anilines is 2. The molecule has 1 fully saturated rings. The molecule has 1 saturated heterocycles. The first-order chi connectivity index (χ1) is 18.1. The van der Waals surface area contributed by atoms with Gasteiger partial charge < -0.3 is 19.9 Å². The number of morpholine rings is 1. The minimum atomic E-state index is -0.267. The number of carbonyl (C=O) groups is 1. The summed E-state index contributed by atoms with van der Waals surface area (Å²) in [7, 11) is 0. The second kappa shape index (κ2) is 10.1. The van der Waals surface area contributed by atoms with Crippen LogP contribution in [-0.2, 0) is 24.1 Å². The van der Waals surface area contributed by atoms with Crippen LogP contribution in [0.1, 0.15) is 22.6 Å². The maximum Gasteiger partial charge on any atom is 0.322 e. The Bertz CT molecular complexity index is 1450. The molecular formula is C29H28FN5O2. The van der Waals surface area contributed by atoms with Gasteiger partial charge in [0, 0.05) is 43.4 Å². The number of amides is 2. The molecule has 8 heteroatoms. The molecule has 0 spiro atoms. The number of aromatic nitrogens is 2. The van der Waals surface area contributed by atoms with Crippen LogP contribution in [0.4, 0.5) is 20.7 Å². The summed E-state index contributed by atoms with van der Waals surface area (Å²) in [5.41, 5.74) is 3.56. The molecule has 6 rings (SSSR count). The summed E-state index contributed by atoms with van der Waals surface area (Å²) in [5.74, 6) is 1.25. The minimum Gasteiger partial charge on any atom is -0.378 e. The smallest absolute Gasteiger partial charge is 0.322 e. The second-order valence-corrected chi connectivity index (χ2v) is 9.42. The van der Waals surface area contributed by atoms with Crippen molar-refractivity contribution in [2.45, 2.75) is 19.4 Å². The lowest BCUT2D eigenvalue weighted by Gasteiger charge is -2.34. The van der Waals surface area contributed by atoms with E-state index in [1.807, 2.05) is 53.4 Å². The predicted octanol–water partition coefficient (Wildman–Crippen LogP) is 4.79. The first-order valence-electron chi connectivity index (χ1n) is 12.6. The predicted molar refractivity (Wildman–Crippen MR) is 141 cm³/mol. The Morgan fingerprint density at radius 2 is 1.78 bits per heavy atom. The van der Waals surface area contributed by atoms with Gasteiger partial charge in [-0.3, -0.25) is 0 Å². The standard InChI is InChI=1S/C29H28FN5O2/c30-22-8-3-5-20(17-22)18-27-31-26-11-12-35(19-24(26)28(33-27)34-13-15-37-16-14-34)29(36)32-25-10-4-7-21-6-1-2-9-23(21)25/h1-10,17H,11-16,18-19H2,(H,32,36). The minimum absolute atomic E-state index is 0.140. The number of urea groups is 1. The number of nitrogens with one attached hydrogen (secondary N) is 1. The molecule has 188 valence electrons. The zero-order valence-electron chi connectivity index (χ0n) is 20.5. The van der Waals surface area contributed by atoms with Crippen LogP contribution in [0.3, 0.4) is 0 Å². The van der Waals surface area contributed by atoms with Gasteiger partial charge in [-0.2, -0.15) is 0 Å². The SMILES string of the molecule is O=C(Nc1cccc2ccccc12)N1CCc2nc(Cc3cccc(F)c3)nc(N3CCOCC3)c2C1. The van der Waals surface area contributed by atoms with E-state index in [1.165, 1.54) is 12.1 Å². The van der Waals surface area contributed by atoms with Gasteiger partial charge in [0.25, 0.3) is 0 Å². The van der Waals surface area contributed by atoms with Crippen molar-refractivity contribution >= 4 is 28.3 Å². The van der Waals surface area contributed by atoms with Crippen molar-refractivity contribution in [3.8, 4) is 0 Å². The van der Waals surface area contributed by atoms with Gasteiger partial charge >= 0.3 is 6.03 Å². The molecule has 0 unspecified atom stereocenters. The molecule has 0 atom stereocenters. The largest absolute Gasteiger partial charge is 0.378 e. The lowest BCUT2D eigenvalue weighted by atomic mass is 10.0. The van der Waals surface area contributed by atoms with E-state index < -0.39 is 0 Å². The third-order valence-electron chi connectivity index (χ3n) is 6.97. The molecule has 0 radical (unpaired) electrons. The molecule has 1 aromatic heterocycles. The first kappa shape index (κ1) is 23.4. The number of hydrogen-bond donors (Lipinski definition) is 1. The molecule has 0 aliphatic carbocycles. The Balaban J connectivity index is 1.28. The number of fused-ring (bicyclic) bond motifs is 2. The Hall–Kier alpha value is -4.04. The third kappa shape index (κ3) is 4.97. The number of nitrogens with zero attached hydrogens (tertiary/aromatic N) is 4. The van der Waals surface area contributed by atoms with Crippen molar-refractivity contribution in [3.63, 3.8) is 0 Å². The van der Waals surface area contributed by atoms with Gasteiger partial charge in [0.1, 0.15) is 17.5 Å². The van der Waals surface area contributed by atoms with Gasteiger partial charge in [-0.05, 0) is 29.1 Å². The highest BCUT2D eigenvalue weighted by Gasteiger charge is 2.28. The Morgan fingerprint density at radius 3 is 2.65 bits per heavy atom. The van der Waals surface area contributed by atoms with Crippen molar-refractivity contribution in [3.05, 3.63) is 95.2 Å². The van der Waals surface area contributed by atoms with E-state index in [-0.39, 0.29) is 11.8 Å². The molecule has 2 aliphatic heterocycles. The number of benzene rings is 3. The number of carbonyl (C=O) groups excluding carboxylic acids is 1. The van der Waals surface area contributed by atoms with Gasteiger partial charge in [0.2, 0.25) is 0 Å². The first-order valence-corrected chi connectivity index (χ1v) is 12.6. The van der Waals surface area contributed by atoms with Crippen LogP contribution in [0.5, 0.6) is 0 Å². The van der Waals surface area contributed by atoms with Crippen LogP contribution in [0.2, 0.25) is 0 Å². The van der Waals surface area contributed by atoms with Crippen LogP contribution >= 0.6 is 0 Å². The molecule has 0 saturated carbocycles. The van der Waals surface area contributed by atoms with E-state index in [0.29, 0.717) is 45.0 Å². The third-order valence-corrected chi connectivity index (χ3v) is 6.97. The highest BCUT2D eigenvalue weighted by Crippen LogP contribution is 2.29. The number of hydrogen-bond acceptors (Lipinski definition) is 5. The van der Waals surface area contributed by atoms with E-state index in [1.54, 1.807) is 6.07 Å². The molecule has 1 N–H and O–H groups in total. The molecule has 37 heavy (non-hydrogen) atoms. The zero-order chi connectivity index (χ0) is 25.2. The monoisotopic (exact) mass is 497 g/mol. The van der Waals surface area contributed by atoms with E-state index in [9.17, 15) is 9.18 Å². The molecule has 3 heterocycles. The van der Waals surface area contributed by atoms with Gasteiger partial charge in [0.05, 0.1) is 31.1 Å². The molecule has 3 aromatic carbocycles. The molecule has 4 aromatic rings. The van der Waals surface area contributed by atoms with Crippen LogP contribution in [0.25, 0.3) is 10.8 Å². The summed E-state index contributed by atoms with van der Waals surface area (Å²) >= 11 is 0. The summed E-state index contributed by atoms with van der Waals surface area (Å²) in [6.07, 6.45) is 1.09. The fraction of sp³-hybridized carbons (Fsp3) is 0.276. The van der Waals surface area contributed by atoms with Crippen molar-refractivity contribution in [1.29, 1.82) is 0 Å². The Labute approximate surface area is 214 Å². The highest BCUT2D eigenvalue weighted by atomic mass is 19.1.